The van der Waals surface area contributed by atoms with Crippen LogP contribution in [0.5, 0.6) is 0 Å². The van der Waals surface area contributed by atoms with Crippen molar-refractivity contribution < 1.29 is 8.78 Å². The number of halogens is 2. The summed E-state index contributed by atoms with van der Waals surface area (Å²) in [6, 6.07) is 62.4. The van der Waals surface area contributed by atoms with E-state index in [0.29, 0.717) is 0 Å². The third-order valence-electron chi connectivity index (χ3n) is 10.2. The molecule has 0 aliphatic rings. The molecule has 0 aliphatic heterocycles. The average Bonchev–Trinajstić information content (AvgIpc) is 3.72. The van der Waals surface area contributed by atoms with Crippen molar-refractivity contribution in [1.29, 1.82) is 0 Å². The maximum absolute atomic E-state index is 14.0. The summed E-state index contributed by atoms with van der Waals surface area (Å²) < 4.78 is 32.4. The summed E-state index contributed by atoms with van der Waals surface area (Å²) in [6.07, 6.45) is 0. The fourth-order valence-electron chi connectivity index (χ4n) is 7.82. The van der Waals surface area contributed by atoms with Gasteiger partial charge in [0.25, 0.3) is 0 Å². The summed E-state index contributed by atoms with van der Waals surface area (Å²) in [5.41, 5.74) is 11.3. The van der Waals surface area contributed by atoms with Gasteiger partial charge in [-0.05, 0) is 120 Å². The van der Waals surface area contributed by atoms with E-state index in [4.69, 9.17) is 0 Å². The summed E-state index contributed by atoms with van der Waals surface area (Å²) in [5, 5.41) is 4.43. The molecule has 0 radical (unpaired) electrons. The first-order valence-corrected chi connectivity index (χ1v) is 17.6. The molecule has 0 amide bonds. The minimum atomic E-state index is -0.261. The summed E-state index contributed by atoms with van der Waals surface area (Å²) in [5.74, 6) is -0.521. The van der Waals surface area contributed by atoms with Gasteiger partial charge in [0.05, 0.1) is 22.1 Å². The zero-order chi connectivity index (χ0) is 35.5. The molecule has 0 bridgehead atoms. The number of hydrogen-bond acceptors (Lipinski definition) is 1. The second-order valence-electron chi connectivity index (χ2n) is 13.3. The minimum absolute atomic E-state index is 0.261. The molecular formula is C48H31F2N3. The lowest BCUT2D eigenvalue weighted by Gasteiger charge is -2.26. The van der Waals surface area contributed by atoms with Crippen LogP contribution in [0.25, 0.3) is 66.1 Å². The average molecular weight is 688 g/mol. The molecule has 2 aromatic heterocycles. The van der Waals surface area contributed by atoms with Crippen LogP contribution in [0.15, 0.2) is 188 Å². The first kappa shape index (κ1) is 30.8. The van der Waals surface area contributed by atoms with E-state index in [1.807, 2.05) is 42.5 Å². The summed E-state index contributed by atoms with van der Waals surface area (Å²) in [7, 11) is 0. The Morgan fingerprint density at radius 3 is 1.21 bits per heavy atom. The van der Waals surface area contributed by atoms with Crippen LogP contribution in [0.2, 0.25) is 0 Å². The smallest absolute Gasteiger partial charge is 0.123 e. The number of fused-ring (bicyclic) bond motifs is 6. The normalized spacial score (nSPS) is 11.6. The quantitative estimate of drug-likeness (QED) is 0.170. The fraction of sp³-hybridized carbons (Fsp3) is 0. The van der Waals surface area contributed by atoms with E-state index in [1.165, 1.54) is 24.3 Å². The summed E-state index contributed by atoms with van der Waals surface area (Å²) in [4.78, 5) is 2.31. The van der Waals surface area contributed by atoms with Crippen molar-refractivity contribution in [1.82, 2.24) is 9.13 Å². The maximum atomic E-state index is 14.0. The Hall–Kier alpha value is -6.98. The molecule has 0 fully saturated rings. The number of aromatic nitrogens is 2. The van der Waals surface area contributed by atoms with Gasteiger partial charge in [-0.2, -0.15) is 0 Å². The highest BCUT2D eigenvalue weighted by Crippen LogP contribution is 2.42. The fourth-order valence-corrected chi connectivity index (χ4v) is 7.82. The molecular weight excluding hydrogens is 657 g/mol. The molecule has 10 rings (SSSR count). The van der Waals surface area contributed by atoms with E-state index >= 15 is 0 Å². The second kappa shape index (κ2) is 12.4. The van der Waals surface area contributed by atoms with Gasteiger partial charge in [-0.15, -0.1) is 0 Å². The zero-order valence-electron chi connectivity index (χ0n) is 28.5. The van der Waals surface area contributed by atoms with Gasteiger partial charge in [0.2, 0.25) is 0 Å². The van der Waals surface area contributed by atoms with E-state index in [9.17, 15) is 8.78 Å². The molecule has 5 heteroatoms. The van der Waals surface area contributed by atoms with Gasteiger partial charge < -0.3 is 14.0 Å². The summed E-state index contributed by atoms with van der Waals surface area (Å²) in [6.45, 7) is 0. The Balaban J connectivity index is 1.19. The monoisotopic (exact) mass is 687 g/mol. The van der Waals surface area contributed by atoms with E-state index in [2.05, 4.69) is 135 Å². The molecule has 0 N–H and O–H groups in total. The number of nitrogens with zero attached hydrogens (tertiary/aromatic N) is 3. The van der Waals surface area contributed by atoms with Gasteiger partial charge in [-0.25, -0.2) is 8.78 Å². The predicted octanol–water partition coefficient (Wildman–Crippen LogP) is 13.3. The van der Waals surface area contributed by atoms with Gasteiger partial charge in [-0.1, -0.05) is 78.9 Å². The lowest BCUT2D eigenvalue weighted by Crippen LogP contribution is -2.10. The lowest BCUT2D eigenvalue weighted by atomic mass is 10.0. The van der Waals surface area contributed by atoms with E-state index in [-0.39, 0.29) is 11.6 Å². The molecule has 0 saturated carbocycles. The number of para-hydroxylation sites is 2. The molecule has 10 aromatic rings. The highest BCUT2D eigenvalue weighted by Gasteiger charge is 2.20. The standard InChI is InChI=1S/C48H31F2N3/c49-34-16-22-37(23-17-34)52-45-12-6-4-10-41(45)43-30-39(26-28-47(43)52)51(36-20-14-33(15-21-36)32-8-2-1-3-9-32)40-27-29-48-44(31-40)42-11-5-7-13-46(42)53(48)38-24-18-35(50)19-25-38/h1-31H. The number of rotatable bonds is 6. The third kappa shape index (κ3) is 5.16. The molecule has 252 valence electrons. The third-order valence-corrected chi connectivity index (χ3v) is 10.2. The lowest BCUT2D eigenvalue weighted by molar-refractivity contribution is 0.627. The van der Waals surface area contributed by atoms with Gasteiger partial charge >= 0.3 is 0 Å². The molecule has 8 aromatic carbocycles. The van der Waals surface area contributed by atoms with Crippen molar-refractivity contribution in [3.05, 3.63) is 200 Å². The van der Waals surface area contributed by atoms with Crippen molar-refractivity contribution in [3.63, 3.8) is 0 Å². The Labute approximate surface area is 304 Å². The Kier molecular flexibility index (Phi) is 7.18. The first-order valence-electron chi connectivity index (χ1n) is 17.6. The van der Waals surface area contributed by atoms with Gasteiger partial charge in [-0.3, -0.25) is 0 Å². The minimum Gasteiger partial charge on any atom is -0.310 e. The van der Waals surface area contributed by atoms with Crippen molar-refractivity contribution in [2.24, 2.45) is 0 Å². The topological polar surface area (TPSA) is 13.1 Å². The van der Waals surface area contributed by atoms with Crippen molar-refractivity contribution >= 4 is 60.7 Å². The maximum Gasteiger partial charge on any atom is 0.123 e. The molecule has 2 heterocycles. The Morgan fingerprint density at radius 2 is 0.717 bits per heavy atom. The van der Waals surface area contributed by atoms with Crippen molar-refractivity contribution in [2.45, 2.75) is 0 Å². The second-order valence-corrected chi connectivity index (χ2v) is 13.3. The predicted molar refractivity (Wildman–Crippen MR) is 215 cm³/mol. The number of hydrogen-bond donors (Lipinski definition) is 0. The largest absolute Gasteiger partial charge is 0.310 e. The van der Waals surface area contributed by atoms with Crippen LogP contribution in [-0.4, -0.2) is 9.13 Å². The molecule has 0 spiro atoms. The molecule has 53 heavy (non-hydrogen) atoms. The highest BCUT2D eigenvalue weighted by molar-refractivity contribution is 6.12. The Bertz CT molecular complexity index is 2780. The molecule has 0 aliphatic carbocycles. The Morgan fingerprint density at radius 1 is 0.321 bits per heavy atom. The highest BCUT2D eigenvalue weighted by atomic mass is 19.1. The SMILES string of the molecule is Fc1ccc(-n2c3ccccc3c3cc(N(c4ccc(-c5ccccc5)cc4)c4ccc5c(c4)c4ccccc4n5-c4ccc(F)cc4)ccc32)cc1. The van der Waals surface area contributed by atoms with Crippen LogP contribution in [0.3, 0.4) is 0 Å². The number of benzene rings is 8. The van der Waals surface area contributed by atoms with Gasteiger partial charge in [0.15, 0.2) is 0 Å². The van der Waals surface area contributed by atoms with Crippen LogP contribution in [0.4, 0.5) is 25.8 Å². The molecule has 3 nitrogen and oxygen atoms in total. The molecule has 0 atom stereocenters. The zero-order valence-corrected chi connectivity index (χ0v) is 28.5. The summed E-state index contributed by atoms with van der Waals surface area (Å²) >= 11 is 0. The first-order chi connectivity index (χ1) is 26.1. The molecule has 0 unspecified atom stereocenters. The molecule has 0 saturated heterocycles. The van der Waals surface area contributed by atoms with E-state index < -0.39 is 0 Å². The van der Waals surface area contributed by atoms with Crippen molar-refractivity contribution in [3.8, 4) is 22.5 Å². The van der Waals surface area contributed by atoms with E-state index in [0.717, 1.165) is 83.2 Å². The van der Waals surface area contributed by atoms with Crippen LogP contribution in [0.1, 0.15) is 0 Å². The number of anilines is 3. The van der Waals surface area contributed by atoms with Crippen LogP contribution < -0.4 is 4.90 Å². The van der Waals surface area contributed by atoms with E-state index in [1.54, 1.807) is 0 Å². The van der Waals surface area contributed by atoms with Crippen LogP contribution >= 0.6 is 0 Å². The van der Waals surface area contributed by atoms with Gasteiger partial charge in [0, 0.05) is 50.0 Å². The van der Waals surface area contributed by atoms with Crippen molar-refractivity contribution in [2.75, 3.05) is 4.90 Å². The van der Waals surface area contributed by atoms with Crippen LogP contribution in [0, 0.1) is 11.6 Å². The van der Waals surface area contributed by atoms with Gasteiger partial charge in [0.1, 0.15) is 11.6 Å². The van der Waals surface area contributed by atoms with Crippen LogP contribution in [-0.2, 0) is 0 Å².